The van der Waals surface area contributed by atoms with E-state index < -0.39 is 11.9 Å². The summed E-state index contributed by atoms with van der Waals surface area (Å²) in [4.78, 5) is 23.6. The lowest BCUT2D eigenvalue weighted by Crippen LogP contribution is -2.13. The number of para-hydroxylation sites is 1. The van der Waals surface area contributed by atoms with Crippen molar-refractivity contribution in [1.29, 1.82) is 5.26 Å². The summed E-state index contributed by atoms with van der Waals surface area (Å²) in [5, 5.41) is 21.7. The van der Waals surface area contributed by atoms with Gasteiger partial charge in [0.15, 0.2) is 0 Å². The molecule has 31 heavy (non-hydrogen) atoms. The highest BCUT2D eigenvalue weighted by Gasteiger charge is 2.12. The van der Waals surface area contributed by atoms with Crippen LogP contribution in [-0.4, -0.2) is 17.0 Å². The van der Waals surface area contributed by atoms with E-state index in [0.29, 0.717) is 27.6 Å². The van der Waals surface area contributed by atoms with E-state index in [-0.39, 0.29) is 17.7 Å². The van der Waals surface area contributed by atoms with Gasteiger partial charge in [-0.3, -0.25) is 4.79 Å². The smallest absolute Gasteiger partial charge is 0.335 e. The minimum Gasteiger partial charge on any atom is -0.488 e. The number of nitrogens with one attached hydrogen (secondary N) is 1. The van der Waals surface area contributed by atoms with Crippen molar-refractivity contribution in [1.82, 2.24) is 0 Å². The maximum Gasteiger partial charge on any atom is 0.335 e. The van der Waals surface area contributed by atoms with Crippen LogP contribution in [-0.2, 0) is 11.4 Å². The zero-order chi connectivity index (χ0) is 22.2. The summed E-state index contributed by atoms with van der Waals surface area (Å²) in [6, 6.07) is 21.9. The Bertz CT molecular complexity index is 1200. The summed E-state index contributed by atoms with van der Waals surface area (Å²) >= 11 is 5.92. The van der Waals surface area contributed by atoms with E-state index in [1.54, 1.807) is 60.7 Å². The van der Waals surface area contributed by atoms with E-state index in [1.807, 2.05) is 6.07 Å². The molecular formula is C24H17ClN2O4. The van der Waals surface area contributed by atoms with Gasteiger partial charge in [0.2, 0.25) is 0 Å². The van der Waals surface area contributed by atoms with Crippen molar-refractivity contribution < 1.29 is 19.4 Å². The van der Waals surface area contributed by atoms with Crippen molar-refractivity contribution in [3.05, 3.63) is 100 Å². The SMILES string of the molecule is N#C/C(=C/c1ccccc1OCc1cccc(C(=O)O)c1)C(=O)Nc1cccc(Cl)c1. The summed E-state index contributed by atoms with van der Waals surface area (Å²) in [6.07, 6.45) is 1.43. The third kappa shape index (κ3) is 5.95. The Balaban J connectivity index is 1.78. The average molecular weight is 433 g/mol. The molecule has 0 bridgehead atoms. The summed E-state index contributed by atoms with van der Waals surface area (Å²) in [7, 11) is 0. The number of hydrogen-bond acceptors (Lipinski definition) is 4. The number of anilines is 1. The fourth-order valence-electron chi connectivity index (χ4n) is 2.76. The maximum absolute atomic E-state index is 12.5. The summed E-state index contributed by atoms with van der Waals surface area (Å²) < 4.78 is 5.82. The lowest BCUT2D eigenvalue weighted by molar-refractivity contribution is -0.112. The molecule has 154 valence electrons. The highest BCUT2D eigenvalue weighted by molar-refractivity contribution is 6.31. The molecule has 0 saturated heterocycles. The number of hydrogen-bond donors (Lipinski definition) is 2. The molecule has 1 amide bonds. The minimum atomic E-state index is -1.02. The highest BCUT2D eigenvalue weighted by Crippen LogP contribution is 2.23. The number of rotatable bonds is 7. The topological polar surface area (TPSA) is 99.4 Å². The molecule has 0 fully saturated rings. The van der Waals surface area contributed by atoms with Gasteiger partial charge >= 0.3 is 5.97 Å². The second-order valence-electron chi connectivity index (χ2n) is 6.47. The number of benzene rings is 3. The molecule has 2 N–H and O–H groups in total. The van der Waals surface area contributed by atoms with Crippen molar-refractivity contribution >= 4 is 35.2 Å². The second-order valence-corrected chi connectivity index (χ2v) is 6.90. The van der Waals surface area contributed by atoms with Gasteiger partial charge in [0, 0.05) is 16.3 Å². The first kappa shape index (κ1) is 21.6. The third-order valence-corrected chi connectivity index (χ3v) is 4.47. The molecule has 0 aliphatic carbocycles. The largest absolute Gasteiger partial charge is 0.488 e. The summed E-state index contributed by atoms with van der Waals surface area (Å²) in [6.45, 7) is 0.128. The number of carbonyl (C=O) groups excluding carboxylic acids is 1. The zero-order valence-corrected chi connectivity index (χ0v) is 17.0. The van der Waals surface area contributed by atoms with E-state index in [9.17, 15) is 14.9 Å². The summed E-state index contributed by atoms with van der Waals surface area (Å²) in [5.74, 6) is -1.14. The van der Waals surface area contributed by atoms with Crippen molar-refractivity contribution in [3.8, 4) is 11.8 Å². The predicted octanol–water partition coefficient (Wildman–Crippen LogP) is 5.16. The third-order valence-electron chi connectivity index (χ3n) is 4.23. The molecule has 6 nitrogen and oxygen atoms in total. The normalized spacial score (nSPS) is 10.8. The van der Waals surface area contributed by atoms with Crippen LogP contribution in [0.5, 0.6) is 5.75 Å². The van der Waals surface area contributed by atoms with Gasteiger partial charge in [-0.05, 0) is 48.0 Å². The molecule has 0 aromatic heterocycles. The van der Waals surface area contributed by atoms with Crippen LogP contribution in [0.3, 0.4) is 0 Å². The molecule has 3 rings (SSSR count). The molecule has 0 spiro atoms. The van der Waals surface area contributed by atoms with E-state index in [0.717, 1.165) is 0 Å². The first-order valence-corrected chi connectivity index (χ1v) is 9.57. The number of ether oxygens (including phenoxy) is 1. The van der Waals surface area contributed by atoms with Gasteiger partial charge in [-0.15, -0.1) is 0 Å². The molecule has 3 aromatic carbocycles. The van der Waals surface area contributed by atoms with E-state index in [2.05, 4.69) is 5.32 Å². The average Bonchev–Trinajstić information content (AvgIpc) is 2.76. The van der Waals surface area contributed by atoms with Crippen LogP contribution in [0.15, 0.2) is 78.4 Å². The standard InChI is InChI=1S/C24H17ClN2O4/c25-20-8-4-9-21(13-20)27-23(28)19(14-26)12-17-6-1-2-10-22(17)31-15-16-5-3-7-18(11-16)24(29)30/h1-13H,15H2,(H,27,28)(H,29,30)/b19-12-. The Morgan fingerprint density at radius 2 is 1.84 bits per heavy atom. The van der Waals surface area contributed by atoms with Crippen molar-refractivity contribution in [2.45, 2.75) is 6.61 Å². The van der Waals surface area contributed by atoms with Crippen molar-refractivity contribution in [2.75, 3.05) is 5.32 Å². The molecule has 0 atom stereocenters. The number of halogens is 1. The molecule has 3 aromatic rings. The van der Waals surface area contributed by atoms with Gasteiger partial charge in [-0.25, -0.2) is 4.79 Å². The van der Waals surface area contributed by atoms with Crippen molar-refractivity contribution in [3.63, 3.8) is 0 Å². The monoisotopic (exact) mass is 432 g/mol. The van der Waals surface area contributed by atoms with Crippen LogP contribution in [0.4, 0.5) is 5.69 Å². The molecule has 0 saturated carbocycles. The summed E-state index contributed by atoms with van der Waals surface area (Å²) in [5.41, 5.74) is 1.75. The van der Waals surface area contributed by atoms with E-state index in [4.69, 9.17) is 21.4 Å². The Hall–Kier alpha value is -4.08. The Morgan fingerprint density at radius 1 is 1.06 bits per heavy atom. The molecule has 0 aliphatic heterocycles. The Labute approximate surface area is 184 Å². The number of carboxylic acids is 1. The molecule has 0 radical (unpaired) electrons. The van der Waals surface area contributed by atoms with Crippen LogP contribution < -0.4 is 10.1 Å². The van der Waals surface area contributed by atoms with Crippen molar-refractivity contribution in [2.24, 2.45) is 0 Å². The van der Waals surface area contributed by atoms with Gasteiger partial charge < -0.3 is 15.2 Å². The molecule has 0 aliphatic rings. The predicted molar refractivity (Wildman–Crippen MR) is 118 cm³/mol. The van der Waals surface area contributed by atoms with Gasteiger partial charge in [0.1, 0.15) is 24.0 Å². The number of amides is 1. The molecule has 0 unspecified atom stereocenters. The number of nitriles is 1. The quantitative estimate of drug-likeness (QED) is 0.396. The van der Waals surface area contributed by atoms with Crippen LogP contribution in [0.1, 0.15) is 21.5 Å². The van der Waals surface area contributed by atoms with E-state index >= 15 is 0 Å². The van der Waals surface area contributed by atoms with Gasteiger partial charge in [0.25, 0.3) is 5.91 Å². The number of carbonyl (C=O) groups is 2. The molecule has 0 heterocycles. The number of aromatic carboxylic acids is 1. The minimum absolute atomic E-state index is 0.107. The fraction of sp³-hybridized carbons (Fsp3) is 0.0417. The number of nitrogens with zero attached hydrogens (tertiary/aromatic N) is 1. The first-order valence-electron chi connectivity index (χ1n) is 9.19. The highest BCUT2D eigenvalue weighted by atomic mass is 35.5. The lowest BCUT2D eigenvalue weighted by Gasteiger charge is -2.10. The first-order chi connectivity index (χ1) is 15.0. The zero-order valence-electron chi connectivity index (χ0n) is 16.2. The van der Waals surface area contributed by atoms with Crippen LogP contribution >= 0.6 is 11.6 Å². The molecule has 7 heteroatoms. The van der Waals surface area contributed by atoms with Crippen LogP contribution in [0.2, 0.25) is 5.02 Å². The number of carboxylic acid groups (broad SMARTS) is 1. The van der Waals surface area contributed by atoms with Gasteiger partial charge in [0.05, 0.1) is 5.56 Å². The maximum atomic E-state index is 12.5. The second kappa shape index (κ2) is 10.1. The van der Waals surface area contributed by atoms with Gasteiger partial charge in [-0.2, -0.15) is 5.26 Å². The lowest BCUT2D eigenvalue weighted by atomic mass is 10.1. The van der Waals surface area contributed by atoms with Gasteiger partial charge in [-0.1, -0.05) is 48.0 Å². The Kier molecular flexibility index (Phi) is 7.05. The fourth-order valence-corrected chi connectivity index (χ4v) is 2.95. The Morgan fingerprint density at radius 3 is 2.58 bits per heavy atom. The van der Waals surface area contributed by atoms with Crippen LogP contribution in [0.25, 0.3) is 6.08 Å². The van der Waals surface area contributed by atoms with Crippen LogP contribution in [0, 0.1) is 11.3 Å². The van der Waals surface area contributed by atoms with E-state index in [1.165, 1.54) is 18.2 Å². The molecular weight excluding hydrogens is 416 g/mol.